The second kappa shape index (κ2) is 7.98. The van der Waals surface area contributed by atoms with E-state index in [9.17, 15) is 13.2 Å². The van der Waals surface area contributed by atoms with E-state index in [2.05, 4.69) is 10.0 Å². The number of sulfonamides is 1. The number of fused-ring (bicyclic) bond motifs is 1. The van der Waals surface area contributed by atoms with E-state index in [1.165, 1.54) is 18.4 Å². The highest BCUT2D eigenvalue weighted by molar-refractivity contribution is 7.89. The van der Waals surface area contributed by atoms with Crippen molar-refractivity contribution < 1.29 is 27.1 Å². The monoisotopic (exact) mass is 414 g/mol. The Kier molecular flexibility index (Phi) is 5.24. The molecule has 0 saturated carbocycles. The highest BCUT2D eigenvalue weighted by atomic mass is 32.2. The Morgan fingerprint density at radius 1 is 1.03 bits per heavy atom. The molecule has 1 aromatic heterocycles. The van der Waals surface area contributed by atoms with Gasteiger partial charge in [-0.25, -0.2) is 13.1 Å². The van der Waals surface area contributed by atoms with Crippen molar-refractivity contribution in [1.82, 2.24) is 4.72 Å². The minimum absolute atomic E-state index is 0.0213. The maximum atomic E-state index is 12.5. The van der Waals surface area contributed by atoms with Gasteiger partial charge in [0.05, 0.1) is 17.7 Å². The smallest absolute Gasteiger partial charge is 0.269 e. The maximum Gasteiger partial charge on any atom is 0.269 e. The summed E-state index contributed by atoms with van der Waals surface area (Å²) in [5, 5.41) is 2.67. The Labute approximate surface area is 167 Å². The van der Waals surface area contributed by atoms with Gasteiger partial charge < -0.3 is 19.2 Å². The molecule has 1 atom stereocenters. The van der Waals surface area contributed by atoms with Crippen molar-refractivity contribution in [2.24, 2.45) is 0 Å². The highest BCUT2D eigenvalue weighted by Gasteiger charge is 2.27. The first-order valence-corrected chi connectivity index (χ1v) is 10.3. The second-order valence-electron chi connectivity index (χ2n) is 6.29. The number of hydrogen-bond acceptors (Lipinski definition) is 6. The van der Waals surface area contributed by atoms with Gasteiger partial charge in [-0.15, -0.1) is 0 Å². The zero-order chi connectivity index (χ0) is 20.3. The summed E-state index contributed by atoms with van der Waals surface area (Å²) in [6, 6.07) is 16.4. The van der Waals surface area contributed by atoms with Crippen LogP contribution in [0.1, 0.15) is 5.76 Å². The van der Waals surface area contributed by atoms with Crippen molar-refractivity contribution >= 4 is 21.6 Å². The Morgan fingerprint density at radius 3 is 2.66 bits per heavy atom. The Hall–Kier alpha value is -3.30. The molecular formula is C20H18N2O6S. The fourth-order valence-corrected chi connectivity index (χ4v) is 3.81. The molecule has 0 aliphatic carbocycles. The van der Waals surface area contributed by atoms with Crippen molar-refractivity contribution in [1.29, 1.82) is 0 Å². The Balaban J connectivity index is 1.43. The van der Waals surface area contributed by atoms with Gasteiger partial charge in [0.1, 0.15) is 12.4 Å². The summed E-state index contributed by atoms with van der Waals surface area (Å²) in [4.78, 5) is 12.5. The Bertz CT molecular complexity index is 1110. The first-order valence-electron chi connectivity index (χ1n) is 8.83. The van der Waals surface area contributed by atoms with Crippen LogP contribution >= 0.6 is 0 Å². The number of rotatable bonds is 6. The summed E-state index contributed by atoms with van der Waals surface area (Å²) >= 11 is 0. The van der Waals surface area contributed by atoms with Crippen LogP contribution in [0.15, 0.2) is 76.2 Å². The van der Waals surface area contributed by atoms with Crippen LogP contribution in [0.2, 0.25) is 0 Å². The van der Waals surface area contributed by atoms with Gasteiger partial charge in [0.2, 0.25) is 16.1 Å². The molecule has 0 radical (unpaired) electrons. The molecule has 2 N–H and O–H groups in total. The van der Waals surface area contributed by atoms with Gasteiger partial charge in [0, 0.05) is 5.69 Å². The lowest BCUT2D eigenvalue weighted by Gasteiger charge is -2.25. The summed E-state index contributed by atoms with van der Waals surface area (Å²) in [6.45, 7) is 0.0874. The Morgan fingerprint density at radius 2 is 1.86 bits per heavy atom. The standard InChI is InChI=1S/C20H18N2O6S/c23-20(19-13-27-17-8-1-2-9-18(17)28-19)22-14-5-3-7-16(11-14)29(24,25)21-12-15-6-4-10-26-15/h1-11,19,21H,12-13H2,(H,22,23)/t19-/m0/s1. The van der Waals surface area contributed by atoms with Crippen LogP contribution in [0.25, 0.3) is 0 Å². The van der Waals surface area contributed by atoms with Crippen LogP contribution in [0.3, 0.4) is 0 Å². The average molecular weight is 414 g/mol. The molecule has 1 amide bonds. The molecule has 0 saturated heterocycles. The van der Waals surface area contributed by atoms with Crippen LogP contribution in [-0.4, -0.2) is 27.0 Å². The van der Waals surface area contributed by atoms with E-state index in [0.29, 0.717) is 22.9 Å². The molecule has 9 heteroatoms. The quantitative estimate of drug-likeness (QED) is 0.642. The van der Waals surface area contributed by atoms with Crippen LogP contribution in [0.4, 0.5) is 5.69 Å². The van der Waals surface area contributed by atoms with Gasteiger partial charge in [0.15, 0.2) is 11.5 Å². The fourth-order valence-electron chi connectivity index (χ4n) is 2.78. The zero-order valence-electron chi connectivity index (χ0n) is 15.2. The number of furan rings is 1. The lowest BCUT2D eigenvalue weighted by molar-refractivity contribution is -0.125. The molecule has 2 aromatic carbocycles. The van der Waals surface area contributed by atoms with E-state index in [1.54, 1.807) is 42.5 Å². The molecule has 0 bridgehead atoms. The first kappa shape index (κ1) is 19.0. The number of anilines is 1. The number of hydrogen-bond donors (Lipinski definition) is 2. The van der Waals surface area contributed by atoms with Crippen molar-refractivity contribution in [2.45, 2.75) is 17.5 Å². The third-order valence-electron chi connectivity index (χ3n) is 4.23. The van der Waals surface area contributed by atoms with E-state index in [-0.39, 0.29) is 18.0 Å². The topological polar surface area (TPSA) is 107 Å². The summed E-state index contributed by atoms with van der Waals surface area (Å²) < 4.78 is 43.8. The van der Waals surface area contributed by atoms with Gasteiger partial charge in [-0.05, 0) is 42.5 Å². The third-order valence-corrected chi connectivity index (χ3v) is 5.63. The average Bonchev–Trinajstić information content (AvgIpc) is 3.26. The molecular weight excluding hydrogens is 396 g/mol. The molecule has 1 aliphatic heterocycles. The molecule has 4 rings (SSSR count). The van der Waals surface area contributed by atoms with E-state index in [1.807, 2.05) is 6.07 Å². The second-order valence-corrected chi connectivity index (χ2v) is 8.05. The molecule has 0 unspecified atom stereocenters. The van der Waals surface area contributed by atoms with E-state index in [4.69, 9.17) is 13.9 Å². The number of para-hydroxylation sites is 2. The summed E-state index contributed by atoms with van der Waals surface area (Å²) in [5.41, 5.74) is 0.332. The van der Waals surface area contributed by atoms with Crippen LogP contribution in [-0.2, 0) is 21.4 Å². The molecule has 8 nitrogen and oxygen atoms in total. The van der Waals surface area contributed by atoms with Crippen molar-refractivity contribution in [2.75, 3.05) is 11.9 Å². The molecule has 29 heavy (non-hydrogen) atoms. The van der Waals surface area contributed by atoms with Gasteiger partial charge in [-0.2, -0.15) is 0 Å². The molecule has 2 heterocycles. The van der Waals surface area contributed by atoms with E-state index >= 15 is 0 Å². The lowest BCUT2D eigenvalue weighted by Crippen LogP contribution is -2.40. The summed E-state index contributed by atoms with van der Waals surface area (Å²) in [6.07, 6.45) is 0.622. The lowest BCUT2D eigenvalue weighted by atomic mass is 10.2. The van der Waals surface area contributed by atoms with Gasteiger partial charge in [-0.1, -0.05) is 18.2 Å². The molecule has 3 aromatic rings. The van der Waals surface area contributed by atoms with Crippen molar-refractivity contribution in [3.05, 3.63) is 72.7 Å². The number of carbonyl (C=O) groups excluding carboxylic acids is 1. The van der Waals surface area contributed by atoms with Crippen LogP contribution in [0, 0.1) is 0 Å². The summed E-state index contributed by atoms with van der Waals surface area (Å²) in [7, 11) is -3.78. The number of amides is 1. The van der Waals surface area contributed by atoms with Gasteiger partial charge >= 0.3 is 0 Å². The zero-order valence-corrected chi connectivity index (χ0v) is 16.0. The minimum Gasteiger partial charge on any atom is -0.485 e. The minimum atomic E-state index is -3.78. The SMILES string of the molecule is O=C(Nc1cccc(S(=O)(=O)NCc2ccco2)c1)[C@@H]1COc2ccccc2O1. The maximum absolute atomic E-state index is 12.5. The van der Waals surface area contributed by atoms with E-state index < -0.39 is 22.0 Å². The predicted molar refractivity (Wildman–Crippen MR) is 104 cm³/mol. The van der Waals surface area contributed by atoms with Crippen molar-refractivity contribution in [3.63, 3.8) is 0 Å². The molecule has 0 fully saturated rings. The first-order chi connectivity index (χ1) is 14.0. The fraction of sp³-hybridized carbons (Fsp3) is 0.150. The molecule has 0 spiro atoms. The highest BCUT2D eigenvalue weighted by Crippen LogP contribution is 2.31. The number of carbonyl (C=O) groups is 1. The van der Waals surface area contributed by atoms with Crippen LogP contribution in [0.5, 0.6) is 11.5 Å². The summed E-state index contributed by atoms with van der Waals surface area (Å²) in [5.74, 6) is 1.12. The predicted octanol–water partition coefficient (Wildman–Crippen LogP) is 2.54. The molecule has 150 valence electrons. The van der Waals surface area contributed by atoms with Gasteiger partial charge in [-0.3, -0.25) is 4.79 Å². The van der Waals surface area contributed by atoms with E-state index in [0.717, 1.165) is 0 Å². The number of benzene rings is 2. The third kappa shape index (κ3) is 4.41. The normalized spacial score (nSPS) is 15.7. The number of ether oxygens (including phenoxy) is 2. The number of nitrogens with one attached hydrogen (secondary N) is 2. The van der Waals surface area contributed by atoms with Crippen LogP contribution < -0.4 is 19.5 Å². The molecule has 1 aliphatic rings. The van der Waals surface area contributed by atoms with Gasteiger partial charge in [0.25, 0.3) is 5.91 Å². The largest absolute Gasteiger partial charge is 0.485 e. The van der Waals surface area contributed by atoms with Crippen molar-refractivity contribution in [3.8, 4) is 11.5 Å².